The van der Waals surface area contributed by atoms with Crippen LogP contribution < -0.4 is 0 Å². The van der Waals surface area contributed by atoms with Crippen LogP contribution in [-0.2, 0) is 14.3 Å². The van der Waals surface area contributed by atoms with Crippen LogP contribution in [0.3, 0.4) is 0 Å². The fourth-order valence-corrected chi connectivity index (χ4v) is 4.18. The summed E-state index contributed by atoms with van der Waals surface area (Å²) < 4.78 is 5.07. The molecule has 1 fully saturated rings. The second kappa shape index (κ2) is 17.1. The molecule has 4 nitrogen and oxygen atoms in total. The van der Waals surface area contributed by atoms with Crippen molar-refractivity contribution in [1.82, 2.24) is 0 Å². The number of carbonyl (C=O) groups is 2. The van der Waals surface area contributed by atoms with E-state index in [-0.39, 0.29) is 24.9 Å². The summed E-state index contributed by atoms with van der Waals surface area (Å²) >= 11 is 0. The molecular weight excluding hydrogens is 400 g/mol. The lowest BCUT2D eigenvalue weighted by atomic mass is 9.80. The number of allylic oxidation sites excluding steroid dienone is 3. The van der Waals surface area contributed by atoms with Crippen LogP contribution in [0.25, 0.3) is 0 Å². The first-order valence-corrected chi connectivity index (χ1v) is 13.1. The highest BCUT2D eigenvalue weighted by Gasteiger charge is 2.40. The topological polar surface area (TPSA) is 63.6 Å². The molecule has 0 saturated carbocycles. The molecule has 0 aliphatic carbocycles. The van der Waals surface area contributed by atoms with Crippen LogP contribution in [0.5, 0.6) is 0 Å². The minimum Gasteiger partial charge on any atom is -0.462 e. The smallest absolute Gasteiger partial charge is 0.310 e. The van der Waals surface area contributed by atoms with Gasteiger partial charge in [0, 0.05) is 12.8 Å². The van der Waals surface area contributed by atoms with Crippen molar-refractivity contribution in [3.63, 3.8) is 0 Å². The summed E-state index contributed by atoms with van der Waals surface area (Å²) in [7, 11) is 0. The van der Waals surface area contributed by atoms with E-state index in [1.54, 1.807) is 0 Å². The van der Waals surface area contributed by atoms with Crippen molar-refractivity contribution in [3.05, 3.63) is 23.8 Å². The number of cyclic esters (lactones) is 1. The number of esters is 1. The molecule has 1 aliphatic rings. The highest BCUT2D eigenvalue weighted by atomic mass is 16.5. The molecular formula is C28H48O4. The molecule has 1 rings (SSSR count). The van der Waals surface area contributed by atoms with Crippen molar-refractivity contribution < 1.29 is 19.4 Å². The van der Waals surface area contributed by atoms with Gasteiger partial charge in [-0.15, -0.1) is 0 Å². The van der Waals surface area contributed by atoms with E-state index in [0.717, 1.165) is 44.1 Å². The maximum Gasteiger partial charge on any atom is 0.310 e. The highest BCUT2D eigenvalue weighted by molar-refractivity contribution is 5.79. The molecule has 1 heterocycles. The summed E-state index contributed by atoms with van der Waals surface area (Å²) in [6, 6.07) is 0. The molecule has 0 aromatic rings. The van der Waals surface area contributed by atoms with Crippen molar-refractivity contribution in [3.8, 4) is 0 Å². The number of hydrogen-bond donors (Lipinski definition) is 1. The third-order valence-electron chi connectivity index (χ3n) is 6.59. The first-order chi connectivity index (χ1) is 15.4. The fourth-order valence-electron chi connectivity index (χ4n) is 4.18. The second-order valence-electron chi connectivity index (χ2n) is 9.72. The molecule has 1 atom stereocenters. The summed E-state index contributed by atoms with van der Waals surface area (Å²) in [6.07, 6.45) is 23.0. The van der Waals surface area contributed by atoms with Crippen molar-refractivity contribution >= 4 is 11.8 Å². The molecule has 0 amide bonds. The van der Waals surface area contributed by atoms with E-state index in [1.807, 2.05) is 19.9 Å². The minimum absolute atomic E-state index is 0.0115. The van der Waals surface area contributed by atoms with Crippen molar-refractivity contribution in [1.29, 1.82) is 0 Å². The average molecular weight is 449 g/mol. The van der Waals surface area contributed by atoms with Crippen LogP contribution in [0.4, 0.5) is 0 Å². The van der Waals surface area contributed by atoms with Crippen LogP contribution in [0.2, 0.25) is 0 Å². The van der Waals surface area contributed by atoms with Crippen molar-refractivity contribution in [2.24, 2.45) is 5.92 Å². The maximum absolute atomic E-state index is 12.0. The summed E-state index contributed by atoms with van der Waals surface area (Å²) in [5.74, 6) is 0.0969. The van der Waals surface area contributed by atoms with E-state index in [1.165, 1.54) is 44.9 Å². The van der Waals surface area contributed by atoms with Crippen LogP contribution >= 0.6 is 0 Å². The van der Waals surface area contributed by atoms with Gasteiger partial charge in [-0.1, -0.05) is 90.4 Å². The van der Waals surface area contributed by atoms with Gasteiger partial charge in [-0.2, -0.15) is 0 Å². The van der Waals surface area contributed by atoms with Gasteiger partial charge in [0.1, 0.15) is 18.0 Å². The van der Waals surface area contributed by atoms with Gasteiger partial charge in [0.25, 0.3) is 0 Å². The number of hydrogen-bond acceptors (Lipinski definition) is 4. The Kier molecular flexibility index (Phi) is 15.3. The van der Waals surface area contributed by atoms with Crippen LogP contribution in [0, 0.1) is 5.92 Å². The Morgan fingerprint density at radius 3 is 2.28 bits per heavy atom. The molecule has 1 unspecified atom stereocenters. The summed E-state index contributed by atoms with van der Waals surface area (Å²) in [4.78, 5) is 23.6. The number of rotatable bonds is 18. The van der Waals surface area contributed by atoms with Gasteiger partial charge in [-0.05, 0) is 43.6 Å². The number of Topliss-reactive ketones (excluding diaryl/α,β-unsaturated/α-hetero) is 1. The van der Waals surface area contributed by atoms with E-state index in [0.29, 0.717) is 18.6 Å². The van der Waals surface area contributed by atoms with Gasteiger partial charge in [-0.3, -0.25) is 9.59 Å². The molecule has 184 valence electrons. The lowest BCUT2D eigenvalue weighted by Gasteiger charge is -2.37. The molecule has 32 heavy (non-hydrogen) atoms. The molecule has 0 bridgehead atoms. The molecule has 1 N–H and O–H groups in total. The average Bonchev–Trinajstić information content (AvgIpc) is 2.76. The van der Waals surface area contributed by atoms with Gasteiger partial charge in [0.2, 0.25) is 0 Å². The molecule has 4 heteroatoms. The van der Waals surface area contributed by atoms with E-state index >= 15 is 0 Å². The number of unbranched alkanes of at least 4 members (excludes halogenated alkanes) is 11. The van der Waals surface area contributed by atoms with Crippen molar-refractivity contribution in [2.45, 2.75) is 129 Å². The van der Waals surface area contributed by atoms with Gasteiger partial charge in [0.05, 0.1) is 6.42 Å². The van der Waals surface area contributed by atoms with E-state index < -0.39 is 5.60 Å². The Morgan fingerprint density at radius 1 is 0.969 bits per heavy atom. The Bertz CT molecular complexity index is 590. The van der Waals surface area contributed by atoms with Gasteiger partial charge in [0.15, 0.2) is 0 Å². The van der Waals surface area contributed by atoms with Gasteiger partial charge in [-0.25, -0.2) is 0 Å². The first kappa shape index (κ1) is 28.6. The van der Waals surface area contributed by atoms with Gasteiger partial charge >= 0.3 is 5.97 Å². The third kappa shape index (κ3) is 12.0. The van der Waals surface area contributed by atoms with Crippen molar-refractivity contribution in [2.75, 3.05) is 6.61 Å². The number of carbonyl (C=O) groups excluding carboxylic acids is 2. The Morgan fingerprint density at radius 2 is 1.59 bits per heavy atom. The molecule has 0 aromatic carbocycles. The first-order valence-electron chi connectivity index (χ1n) is 13.1. The molecule has 1 saturated heterocycles. The number of ether oxygens (including phenoxy) is 1. The highest BCUT2D eigenvalue weighted by Crippen LogP contribution is 2.33. The van der Waals surface area contributed by atoms with Gasteiger partial charge < -0.3 is 9.84 Å². The predicted molar refractivity (Wildman–Crippen MR) is 133 cm³/mol. The predicted octanol–water partition coefficient (Wildman–Crippen LogP) is 7.24. The normalized spacial score (nSPS) is 20.4. The SMILES string of the molecule is CCCCCCCCCC=CCC(=O)CCCCCCC=C1CC(=O)OCC1(O)C(C)C. The summed E-state index contributed by atoms with van der Waals surface area (Å²) in [6.45, 7) is 6.22. The Labute approximate surface area is 196 Å². The van der Waals surface area contributed by atoms with E-state index in [2.05, 4.69) is 19.1 Å². The number of ketones is 1. The quantitative estimate of drug-likeness (QED) is 0.136. The Balaban J connectivity index is 2.06. The minimum atomic E-state index is -1.03. The summed E-state index contributed by atoms with van der Waals surface area (Å²) in [5, 5.41) is 10.8. The number of aliphatic hydroxyl groups is 1. The van der Waals surface area contributed by atoms with E-state index in [4.69, 9.17) is 4.74 Å². The lowest BCUT2D eigenvalue weighted by Crippen LogP contribution is -2.46. The third-order valence-corrected chi connectivity index (χ3v) is 6.59. The van der Waals surface area contributed by atoms with Crippen LogP contribution in [0.1, 0.15) is 124 Å². The zero-order valence-corrected chi connectivity index (χ0v) is 21.0. The maximum atomic E-state index is 12.0. The monoisotopic (exact) mass is 448 g/mol. The largest absolute Gasteiger partial charge is 0.462 e. The Hall–Kier alpha value is -1.42. The molecule has 0 radical (unpaired) electrons. The zero-order valence-electron chi connectivity index (χ0n) is 21.0. The molecule has 0 aromatic heterocycles. The molecule has 0 spiro atoms. The lowest BCUT2D eigenvalue weighted by molar-refractivity contribution is -0.158. The standard InChI is InChI=1S/C28H48O4/c1-4-5-6-7-8-9-10-11-14-17-20-26(29)21-18-15-12-13-16-19-25-22-27(30)32-23-28(25,31)24(2)3/h14,17,19,24,31H,4-13,15-16,18,20-23H2,1-3H3. The molecule has 1 aliphatic heterocycles. The van der Waals surface area contributed by atoms with Crippen LogP contribution in [-0.4, -0.2) is 29.1 Å². The fraction of sp³-hybridized carbons (Fsp3) is 0.786. The van der Waals surface area contributed by atoms with Crippen LogP contribution in [0.15, 0.2) is 23.8 Å². The summed E-state index contributed by atoms with van der Waals surface area (Å²) in [5.41, 5.74) is -0.218. The van der Waals surface area contributed by atoms with E-state index in [9.17, 15) is 14.7 Å². The second-order valence-corrected chi connectivity index (χ2v) is 9.72. The zero-order chi connectivity index (χ0) is 23.7.